The Morgan fingerprint density at radius 2 is 1.61 bits per heavy atom. The zero-order valence-electron chi connectivity index (χ0n) is 23.2. The van der Waals surface area contributed by atoms with Crippen molar-refractivity contribution in [3.8, 4) is 0 Å². The van der Waals surface area contributed by atoms with Crippen LogP contribution in [0.1, 0.15) is 77.1 Å². The average molecular weight is 506 g/mol. The maximum absolute atomic E-state index is 13.6. The van der Waals surface area contributed by atoms with Crippen LogP contribution in [-0.2, 0) is 23.9 Å². The second kappa shape index (κ2) is 13.8. The highest BCUT2D eigenvalue weighted by Crippen LogP contribution is 2.30. The van der Waals surface area contributed by atoms with Gasteiger partial charge in [-0.2, -0.15) is 0 Å². The number of hydrogen-bond donors (Lipinski definition) is 2. The minimum Gasteiger partial charge on any atom is -0.468 e. The molecule has 36 heavy (non-hydrogen) atoms. The molecule has 0 aliphatic carbocycles. The van der Waals surface area contributed by atoms with Crippen LogP contribution in [0, 0.1) is 19.8 Å². The summed E-state index contributed by atoms with van der Waals surface area (Å²) < 4.78 is 9.92. The molecule has 0 spiro atoms. The van der Waals surface area contributed by atoms with Crippen LogP contribution >= 0.6 is 0 Å². The Balaban J connectivity index is 3.43. The molecule has 2 atom stereocenters. The van der Waals surface area contributed by atoms with Crippen molar-refractivity contribution in [3.63, 3.8) is 0 Å². The van der Waals surface area contributed by atoms with Crippen molar-refractivity contribution in [2.75, 3.05) is 20.2 Å². The molecule has 202 valence electrons. The molecule has 0 heterocycles. The lowest BCUT2D eigenvalue weighted by atomic mass is 9.93. The number of amides is 3. The number of ether oxygens (including phenoxy) is 2. The van der Waals surface area contributed by atoms with E-state index in [0.717, 1.165) is 17.5 Å². The first-order chi connectivity index (χ1) is 16.7. The van der Waals surface area contributed by atoms with Gasteiger partial charge in [-0.25, -0.2) is 4.79 Å². The summed E-state index contributed by atoms with van der Waals surface area (Å²) in [4.78, 5) is 52.6. The Kier molecular flexibility index (Phi) is 11.9. The Bertz CT molecular complexity index is 923. The van der Waals surface area contributed by atoms with Crippen LogP contribution in [-0.4, -0.2) is 60.6 Å². The van der Waals surface area contributed by atoms with Gasteiger partial charge in [0.05, 0.1) is 7.11 Å². The molecule has 0 aliphatic rings. The van der Waals surface area contributed by atoms with E-state index in [1.54, 1.807) is 20.8 Å². The lowest BCUT2D eigenvalue weighted by Gasteiger charge is -2.37. The van der Waals surface area contributed by atoms with Gasteiger partial charge in [-0.3, -0.25) is 14.4 Å². The van der Waals surface area contributed by atoms with E-state index in [1.165, 1.54) is 12.0 Å². The molecule has 2 N–H and O–H groups in total. The van der Waals surface area contributed by atoms with Gasteiger partial charge in [0.1, 0.15) is 24.7 Å². The fourth-order valence-electron chi connectivity index (χ4n) is 3.73. The van der Waals surface area contributed by atoms with E-state index in [2.05, 4.69) is 29.2 Å². The molecule has 1 rings (SSSR count). The summed E-state index contributed by atoms with van der Waals surface area (Å²) in [5.74, 6) is -1.13. The molecule has 3 amide bonds. The van der Waals surface area contributed by atoms with Gasteiger partial charge in [0, 0.05) is 6.04 Å². The van der Waals surface area contributed by atoms with Gasteiger partial charge >= 0.3 is 12.1 Å². The largest absolute Gasteiger partial charge is 0.468 e. The van der Waals surface area contributed by atoms with Gasteiger partial charge < -0.3 is 25.0 Å². The van der Waals surface area contributed by atoms with E-state index in [1.807, 2.05) is 39.0 Å². The third-order valence-electron chi connectivity index (χ3n) is 5.81. The topological polar surface area (TPSA) is 114 Å². The monoisotopic (exact) mass is 505 g/mol. The third-order valence-corrected chi connectivity index (χ3v) is 5.81. The number of nitrogens with one attached hydrogen (secondary N) is 2. The quantitative estimate of drug-likeness (QED) is 0.442. The van der Waals surface area contributed by atoms with E-state index in [0.29, 0.717) is 17.9 Å². The zero-order valence-corrected chi connectivity index (χ0v) is 23.2. The van der Waals surface area contributed by atoms with Crippen molar-refractivity contribution >= 4 is 23.9 Å². The molecule has 1 aromatic rings. The number of esters is 1. The Hall–Kier alpha value is -3.10. The van der Waals surface area contributed by atoms with Crippen LogP contribution in [0.5, 0.6) is 0 Å². The molecule has 9 heteroatoms. The number of carbonyl (C=O) groups excluding carboxylic acids is 4. The number of rotatable bonds is 11. The summed E-state index contributed by atoms with van der Waals surface area (Å²) in [6.45, 7) is 14.4. The highest BCUT2D eigenvalue weighted by atomic mass is 16.6. The van der Waals surface area contributed by atoms with Crippen molar-refractivity contribution < 1.29 is 28.7 Å². The van der Waals surface area contributed by atoms with Crippen LogP contribution in [0.4, 0.5) is 4.79 Å². The summed E-state index contributed by atoms with van der Waals surface area (Å²) in [5, 5.41) is 5.12. The summed E-state index contributed by atoms with van der Waals surface area (Å²) in [7, 11) is 1.24. The minimum atomic E-state index is -1.01. The molecule has 2 unspecified atom stereocenters. The number of benzene rings is 1. The third kappa shape index (κ3) is 9.87. The smallest absolute Gasteiger partial charge is 0.408 e. The summed E-state index contributed by atoms with van der Waals surface area (Å²) in [6.07, 6.45) is 0.777. The molecule has 0 saturated carbocycles. The molecular formula is C27H43N3O6. The van der Waals surface area contributed by atoms with Gasteiger partial charge in [0.25, 0.3) is 0 Å². The lowest BCUT2D eigenvalue weighted by molar-refractivity contribution is -0.145. The van der Waals surface area contributed by atoms with Crippen LogP contribution < -0.4 is 10.6 Å². The van der Waals surface area contributed by atoms with Gasteiger partial charge in [-0.05, 0) is 77.0 Å². The fraction of sp³-hybridized carbons (Fsp3) is 0.630. The molecule has 9 nitrogen and oxygen atoms in total. The number of aryl methyl sites for hydroxylation is 1. The molecular weight excluding hydrogens is 462 g/mol. The number of methoxy groups -OCH3 is 1. The minimum absolute atomic E-state index is 0.324. The molecule has 0 saturated heterocycles. The van der Waals surface area contributed by atoms with Crippen molar-refractivity contribution in [1.29, 1.82) is 0 Å². The van der Waals surface area contributed by atoms with Gasteiger partial charge in [0.2, 0.25) is 11.8 Å². The van der Waals surface area contributed by atoms with Crippen LogP contribution in [0.2, 0.25) is 0 Å². The highest BCUT2D eigenvalue weighted by molar-refractivity contribution is 5.92. The first kappa shape index (κ1) is 30.9. The van der Waals surface area contributed by atoms with E-state index in [9.17, 15) is 19.2 Å². The number of hydrogen-bond acceptors (Lipinski definition) is 6. The zero-order chi connectivity index (χ0) is 27.6. The van der Waals surface area contributed by atoms with E-state index >= 15 is 0 Å². The van der Waals surface area contributed by atoms with Crippen molar-refractivity contribution in [1.82, 2.24) is 15.5 Å². The summed E-state index contributed by atoms with van der Waals surface area (Å²) in [5.41, 5.74) is 1.77. The standard InChI is InChI=1S/C27H43N3O6/c1-17(2)13-14-19(4)30(22(31)15-29-26(34)36-27(6,7)8)24(25(33)28-16-23(32)35-9)21-12-10-11-18(3)20(21)5/h10-12,17,19,24H,13-16H2,1-9H3,(H,28,33)(H,29,34). The lowest BCUT2D eigenvalue weighted by Crippen LogP contribution is -2.52. The fourth-order valence-corrected chi connectivity index (χ4v) is 3.73. The molecule has 0 bridgehead atoms. The van der Waals surface area contributed by atoms with Gasteiger partial charge in [-0.15, -0.1) is 0 Å². The van der Waals surface area contributed by atoms with Gasteiger partial charge in [-0.1, -0.05) is 32.0 Å². The number of nitrogens with zero attached hydrogens (tertiary/aromatic N) is 1. The predicted molar refractivity (Wildman–Crippen MR) is 138 cm³/mol. The molecule has 0 aromatic heterocycles. The Labute approximate surface area is 215 Å². The summed E-state index contributed by atoms with van der Waals surface area (Å²) in [6, 6.07) is 4.24. The molecule has 0 fully saturated rings. The first-order valence-corrected chi connectivity index (χ1v) is 12.4. The first-order valence-electron chi connectivity index (χ1n) is 12.4. The normalized spacial score (nSPS) is 12.9. The maximum Gasteiger partial charge on any atom is 0.408 e. The predicted octanol–water partition coefficient (Wildman–Crippen LogP) is 3.81. The highest BCUT2D eigenvalue weighted by Gasteiger charge is 2.36. The Morgan fingerprint density at radius 3 is 2.17 bits per heavy atom. The molecule has 1 aromatic carbocycles. The van der Waals surface area contributed by atoms with Crippen molar-refractivity contribution in [2.45, 2.75) is 85.9 Å². The molecule has 0 aliphatic heterocycles. The van der Waals surface area contributed by atoms with Crippen LogP contribution in [0.3, 0.4) is 0 Å². The average Bonchev–Trinajstić information content (AvgIpc) is 2.78. The summed E-state index contributed by atoms with van der Waals surface area (Å²) >= 11 is 0. The molecule has 0 radical (unpaired) electrons. The maximum atomic E-state index is 13.6. The second-order valence-corrected chi connectivity index (χ2v) is 10.5. The second-order valence-electron chi connectivity index (χ2n) is 10.5. The van der Waals surface area contributed by atoms with E-state index in [-0.39, 0.29) is 19.1 Å². The van der Waals surface area contributed by atoms with E-state index in [4.69, 9.17) is 4.74 Å². The number of carbonyl (C=O) groups is 4. The van der Waals surface area contributed by atoms with E-state index < -0.39 is 35.5 Å². The van der Waals surface area contributed by atoms with Crippen molar-refractivity contribution in [3.05, 3.63) is 34.9 Å². The Morgan fingerprint density at radius 1 is 0.972 bits per heavy atom. The van der Waals surface area contributed by atoms with Gasteiger partial charge in [0.15, 0.2) is 0 Å². The SMILES string of the molecule is COC(=O)CNC(=O)C(c1cccc(C)c1C)N(C(=O)CNC(=O)OC(C)(C)C)C(C)CCC(C)C. The van der Waals surface area contributed by atoms with Crippen LogP contribution in [0.25, 0.3) is 0 Å². The number of alkyl carbamates (subject to hydrolysis) is 1. The van der Waals surface area contributed by atoms with Crippen molar-refractivity contribution in [2.24, 2.45) is 5.92 Å². The van der Waals surface area contributed by atoms with Crippen LogP contribution in [0.15, 0.2) is 18.2 Å².